The Balaban J connectivity index is 2.06. The summed E-state index contributed by atoms with van der Waals surface area (Å²) in [7, 11) is 0. The second kappa shape index (κ2) is 6.32. The molecule has 2 rings (SSSR count). The number of hydrogen-bond acceptors (Lipinski definition) is 3. The standard InChI is InChI=1S/C18H21N3/c1-18(2,12-11-14-7-4-3-5-8-14)21-16-10-6-9-15(13-19)17(16)20/h3-10,21H,11-12,20H2,1-2H3. The highest BCUT2D eigenvalue weighted by Crippen LogP contribution is 2.27. The van der Waals surface area contributed by atoms with Crippen molar-refractivity contribution in [2.75, 3.05) is 11.1 Å². The van der Waals surface area contributed by atoms with Gasteiger partial charge < -0.3 is 11.1 Å². The molecule has 3 heteroatoms. The molecule has 0 radical (unpaired) electrons. The molecule has 0 saturated heterocycles. The number of hydrogen-bond donors (Lipinski definition) is 2. The number of anilines is 2. The van der Waals surface area contributed by atoms with Gasteiger partial charge in [0, 0.05) is 5.54 Å². The Kier molecular flexibility index (Phi) is 4.49. The number of nitrogens with one attached hydrogen (secondary N) is 1. The van der Waals surface area contributed by atoms with Crippen LogP contribution in [0.3, 0.4) is 0 Å². The Labute approximate surface area is 126 Å². The van der Waals surface area contributed by atoms with E-state index in [9.17, 15) is 0 Å². The van der Waals surface area contributed by atoms with Gasteiger partial charge in [0.05, 0.1) is 16.9 Å². The molecule has 0 aromatic heterocycles. The molecule has 0 atom stereocenters. The number of nitrogens with zero attached hydrogens (tertiary/aromatic N) is 1. The van der Waals surface area contributed by atoms with Crippen LogP contribution in [0, 0.1) is 11.3 Å². The Hall–Kier alpha value is -2.47. The smallest absolute Gasteiger partial charge is 0.101 e. The number of benzene rings is 2. The van der Waals surface area contributed by atoms with E-state index in [2.05, 4.69) is 49.5 Å². The van der Waals surface area contributed by atoms with Crippen molar-refractivity contribution >= 4 is 11.4 Å². The molecule has 108 valence electrons. The van der Waals surface area contributed by atoms with Crippen molar-refractivity contribution in [2.45, 2.75) is 32.2 Å². The lowest BCUT2D eigenvalue weighted by molar-refractivity contribution is 0.519. The van der Waals surface area contributed by atoms with Crippen LogP contribution < -0.4 is 11.1 Å². The quantitative estimate of drug-likeness (QED) is 0.814. The third-order valence-corrected chi connectivity index (χ3v) is 3.58. The Morgan fingerprint density at radius 3 is 2.48 bits per heavy atom. The van der Waals surface area contributed by atoms with Crippen LogP contribution in [0.15, 0.2) is 48.5 Å². The van der Waals surface area contributed by atoms with Crippen molar-refractivity contribution in [1.29, 1.82) is 5.26 Å². The third kappa shape index (κ3) is 4.00. The lowest BCUT2D eigenvalue weighted by atomic mass is 9.94. The summed E-state index contributed by atoms with van der Waals surface area (Å²) < 4.78 is 0. The highest BCUT2D eigenvalue weighted by Gasteiger charge is 2.19. The van der Waals surface area contributed by atoms with Gasteiger partial charge in [0.2, 0.25) is 0 Å². The van der Waals surface area contributed by atoms with Crippen LogP contribution in [0.1, 0.15) is 31.4 Å². The normalized spacial score (nSPS) is 10.9. The van der Waals surface area contributed by atoms with E-state index in [4.69, 9.17) is 11.0 Å². The highest BCUT2D eigenvalue weighted by atomic mass is 15.0. The van der Waals surface area contributed by atoms with E-state index in [1.54, 1.807) is 6.07 Å². The topological polar surface area (TPSA) is 61.8 Å². The molecule has 0 fully saturated rings. The van der Waals surface area contributed by atoms with Gasteiger partial charge >= 0.3 is 0 Å². The minimum atomic E-state index is -0.0992. The molecule has 0 aliphatic carbocycles. The lowest BCUT2D eigenvalue weighted by Crippen LogP contribution is -2.31. The minimum absolute atomic E-state index is 0.0992. The predicted molar refractivity (Wildman–Crippen MR) is 88.0 cm³/mol. The van der Waals surface area contributed by atoms with Gasteiger partial charge in [-0.25, -0.2) is 0 Å². The fourth-order valence-corrected chi connectivity index (χ4v) is 2.30. The zero-order chi connectivity index (χ0) is 15.3. The van der Waals surface area contributed by atoms with Gasteiger partial charge in [-0.3, -0.25) is 0 Å². The summed E-state index contributed by atoms with van der Waals surface area (Å²) in [6, 6.07) is 18.0. The Morgan fingerprint density at radius 2 is 1.81 bits per heavy atom. The van der Waals surface area contributed by atoms with Crippen molar-refractivity contribution in [3.8, 4) is 6.07 Å². The van der Waals surface area contributed by atoms with Crippen LogP contribution in [0.2, 0.25) is 0 Å². The minimum Gasteiger partial charge on any atom is -0.396 e. The lowest BCUT2D eigenvalue weighted by Gasteiger charge is -2.28. The zero-order valence-corrected chi connectivity index (χ0v) is 12.6. The van der Waals surface area contributed by atoms with Crippen LogP contribution in [-0.4, -0.2) is 5.54 Å². The molecule has 0 bridgehead atoms. The fraction of sp³-hybridized carbons (Fsp3) is 0.278. The molecule has 0 amide bonds. The molecule has 0 spiro atoms. The second-order valence-electron chi connectivity index (χ2n) is 5.87. The molecule has 2 aromatic carbocycles. The van der Waals surface area contributed by atoms with E-state index in [0.29, 0.717) is 11.3 Å². The SMILES string of the molecule is CC(C)(CCc1ccccc1)Nc1cccc(C#N)c1N. The average Bonchev–Trinajstić information content (AvgIpc) is 2.48. The second-order valence-corrected chi connectivity index (χ2v) is 5.87. The van der Waals surface area contributed by atoms with E-state index < -0.39 is 0 Å². The van der Waals surface area contributed by atoms with Crippen LogP contribution in [0.25, 0.3) is 0 Å². The summed E-state index contributed by atoms with van der Waals surface area (Å²) in [6.07, 6.45) is 1.98. The maximum Gasteiger partial charge on any atom is 0.101 e. The number of nitrogens with two attached hydrogens (primary N) is 1. The van der Waals surface area contributed by atoms with E-state index in [1.807, 2.05) is 18.2 Å². The van der Waals surface area contributed by atoms with Crippen molar-refractivity contribution in [3.05, 3.63) is 59.7 Å². The molecule has 0 heterocycles. The van der Waals surface area contributed by atoms with Gasteiger partial charge in [-0.1, -0.05) is 36.4 Å². The van der Waals surface area contributed by atoms with Gasteiger partial charge in [0.15, 0.2) is 0 Å². The Morgan fingerprint density at radius 1 is 1.10 bits per heavy atom. The number of aryl methyl sites for hydroxylation is 1. The van der Waals surface area contributed by atoms with Gasteiger partial charge in [0.25, 0.3) is 0 Å². The summed E-state index contributed by atoms with van der Waals surface area (Å²) in [6.45, 7) is 4.29. The van der Waals surface area contributed by atoms with E-state index in [1.165, 1.54) is 5.56 Å². The van der Waals surface area contributed by atoms with Crippen molar-refractivity contribution < 1.29 is 0 Å². The fourth-order valence-electron chi connectivity index (χ4n) is 2.30. The molecule has 0 unspecified atom stereocenters. The molecular weight excluding hydrogens is 258 g/mol. The largest absolute Gasteiger partial charge is 0.396 e. The van der Waals surface area contributed by atoms with E-state index in [-0.39, 0.29) is 5.54 Å². The van der Waals surface area contributed by atoms with Crippen LogP contribution in [0.4, 0.5) is 11.4 Å². The monoisotopic (exact) mass is 279 g/mol. The molecule has 3 nitrogen and oxygen atoms in total. The first-order chi connectivity index (χ1) is 10.0. The molecule has 0 aliphatic rings. The van der Waals surface area contributed by atoms with Crippen molar-refractivity contribution in [1.82, 2.24) is 0 Å². The molecule has 3 N–H and O–H groups in total. The summed E-state index contributed by atoms with van der Waals surface area (Å²) in [4.78, 5) is 0. The first kappa shape index (κ1) is 14.9. The third-order valence-electron chi connectivity index (χ3n) is 3.58. The summed E-state index contributed by atoms with van der Waals surface area (Å²) in [5, 5.41) is 12.5. The molecule has 0 saturated carbocycles. The maximum atomic E-state index is 9.04. The van der Waals surface area contributed by atoms with Crippen molar-refractivity contribution in [2.24, 2.45) is 0 Å². The number of nitrogen functional groups attached to an aromatic ring is 1. The first-order valence-corrected chi connectivity index (χ1v) is 7.12. The molecule has 21 heavy (non-hydrogen) atoms. The summed E-state index contributed by atoms with van der Waals surface area (Å²) in [5.74, 6) is 0. The number of rotatable bonds is 5. The van der Waals surface area contributed by atoms with E-state index in [0.717, 1.165) is 18.5 Å². The van der Waals surface area contributed by atoms with Gasteiger partial charge in [0.1, 0.15) is 6.07 Å². The summed E-state index contributed by atoms with van der Waals surface area (Å²) >= 11 is 0. The first-order valence-electron chi connectivity index (χ1n) is 7.12. The summed E-state index contributed by atoms with van der Waals surface area (Å²) in [5.41, 5.74) is 9.11. The predicted octanol–water partition coefficient (Wildman–Crippen LogP) is 3.96. The zero-order valence-electron chi connectivity index (χ0n) is 12.6. The highest BCUT2D eigenvalue weighted by molar-refractivity contribution is 5.73. The Bertz CT molecular complexity index is 639. The number of para-hydroxylation sites is 1. The van der Waals surface area contributed by atoms with Gasteiger partial charge in [-0.2, -0.15) is 5.26 Å². The van der Waals surface area contributed by atoms with E-state index >= 15 is 0 Å². The number of nitriles is 1. The van der Waals surface area contributed by atoms with Crippen LogP contribution >= 0.6 is 0 Å². The molecule has 2 aromatic rings. The van der Waals surface area contributed by atoms with Gasteiger partial charge in [-0.05, 0) is 44.4 Å². The average molecular weight is 279 g/mol. The van der Waals surface area contributed by atoms with Crippen LogP contribution in [0.5, 0.6) is 0 Å². The van der Waals surface area contributed by atoms with Crippen LogP contribution in [-0.2, 0) is 6.42 Å². The van der Waals surface area contributed by atoms with Gasteiger partial charge in [-0.15, -0.1) is 0 Å². The molecule has 0 aliphatic heterocycles. The van der Waals surface area contributed by atoms with Crippen molar-refractivity contribution in [3.63, 3.8) is 0 Å². The maximum absolute atomic E-state index is 9.04. The molecular formula is C18H21N3.